The van der Waals surface area contributed by atoms with Gasteiger partial charge in [-0.1, -0.05) is 26.0 Å². The maximum absolute atomic E-state index is 12.4. The Morgan fingerprint density at radius 2 is 2.08 bits per heavy atom. The average Bonchev–Trinajstić information content (AvgIpc) is 2.80. The lowest BCUT2D eigenvalue weighted by Gasteiger charge is -2.25. The van der Waals surface area contributed by atoms with Crippen molar-refractivity contribution in [3.05, 3.63) is 29.8 Å². The van der Waals surface area contributed by atoms with Crippen LogP contribution in [0.25, 0.3) is 0 Å². The van der Waals surface area contributed by atoms with E-state index in [0.717, 1.165) is 38.0 Å². The molecular weight excluding hydrogens is 330 g/mol. The van der Waals surface area contributed by atoms with E-state index in [1.807, 2.05) is 30.1 Å². The van der Waals surface area contributed by atoms with Crippen molar-refractivity contribution in [2.75, 3.05) is 38.5 Å². The van der Waals surface area contributed by atoms with Crippen LogP contribution in [0.1, 0.15) is 44.6 Å². The van der Waals surface area contributed by atoms with Crippen molar-refractivity contribution in [1.82, 2.24) is 9.80 Å². The van der Waals surface area contributed by atoms with Gasteiger partial charge in [0, 0.05) is 18.3 Å². The lowest BCUT2D eigenvalue weighted by atomic mass is 10.0. The third kappa shape index (κ3) is 6.42. The SMILES string of the molecule is CC(C)c1cccc(NC(=O)CN2CCCC(N(C)CC(=O)O)CC2)c1. The fraction of sp³-hybridized carbons (Fsp3) is 0.600. The lowest BCUT2D eigenvalue weighted by molar-refractivity contribution is -0.138. The van der Waals surface area contributed by atoms with Crippen LogP contribution in [-0.4, -0.2) is 66.1 Å². The summed E-state index contributed by atoms with van der Waals surface area (Å²) in [5, 5.41) is 11.9. The molecule has 1 aliphatic rings. The van der Waals surface area contributed by atoms with Crippen LogP contribution in [0.15, 0.2) is 24.3 Å². The van der Waals surface area contributed by atoms with Gasteiger partial charge in [0.2, 0.25) is 5.91 Å². The molecule has 1 amide bonds. The Balaban J connectivity index is 1.84. The molecule has 6 nitrogen and oxygen atoms in total. The minimum absolute atomic E-state index is 0.00301. The molecule has 1 aromatic rings. The second kappa shape index (κ2) is 9.69. The Morgan fingerprint density at radius 1 is 1.31 bits per heavy atom. The van der Waals surface area contributed by atoms with Crippen molar-refractivity contribution in [3.8, 4) is 0 Å². The summed E-state index contributed by atoms with van der Waals surface area (Å²) in [6, 6.07) is 8.26. The number of carbonyl (C=O) groups excluding carboxylic acids is 1. The number of carboxylic acids is 1. The Hall–Kier alpha value is -1.92. The monoisotopic (exact) mass is 361 g/mol. The summed E-state index contributed by atoms with van der Waals surface area (Å²) in [6.07, 6.45) is 2.84. The van der Waals surface area contributed by atoms with Gasteiger partial charge in [0.1, 0.15) is 0 Å². The normalized spacial score (nSPS) is 18.7. The highest BCUT2D eigenvalue weighted by Crippen LogP contribution is 2.19. The molecule has 1 fully saturated rings. The molecule has 1 heterocycles. The van der Waals surface area contributed by atoms with E-state index in [1.165, 1.54) is 5.56 Å². The van der Waals surface area contributed by atoms with Crippen LogP contribution in [0.2, 0.25) is 0 Å². The number of rotatable bonds is 7. The van der Waals surface area contributed by atoms with Crippen molar-refractivity contribution in [2.24, 2.45) is 0 Å². The third-order valence-electron chi connectivity index (χ3n) is 5.00. The summed E-state index contributed by atoms with van der Waals surface area (Å²) in [5.41, 5.74) is 2.05. The van der Waals surface area contributed by atoms with E-state index in [1.54, 1.807) is 0 Å². The molecule has 1 atom stereocenters. The van der Waals surface area contributed by atoms with E-state index in [-0.39, 0.29) is 18.5 Å². The molecule has 0 spiro atoms. The van der Waals surface area contributed by atoms with Crippen LogP contribution in [-0.2, 0) is 9.59 Å². The molecule has 0 bridgehead atoms. The van der Waals surface area contributed by atoms with Crippen molar-refractivity contribution in [2.45, 2.75) is 45.1 Å². The number of nitrogens with zero attached hydrogens (tertiary/aromatic N) is 2. The molecule has 0 aliphatic carbocycles. The molecule has 26 heavy (non-hydrogen) atoms. The summed E-state index contributed by atoms with van der Waals surface area (Å²) in [6.45, 7) is 6.40. The molecule has 144 valence electrons. The number of hydrogen-bond acceptors (Lipinski definition) is 4. The van der Waals surface area contributed by atoms with Gasteiger partial charge in [-0.2, -0.15) is 0 Å². The van der Waals surface area contributed by atoms with E-state index in [9.17, 15) is 9.59 Å². The Morgan fingerprint density at radius 3 is 2.77 bits per heavy atom. The zero-order valence-corrected chi connectivity index (χ0v) is 16.1. The van der Waals surface area contributed by atoms with Gasteiger partial charge in [-0.25, -0.2) is 0 Å². The highest BCUT2D eigenvalue weighted by Gasteiger charge is 2.22. The molecule has 1 unspecified atom stereocenters. The van der Waals surface area contributed by atoms with Gasteiger partial charge in [0.15, 0.2) is 0 Å². The standard InChI is InChI=1S/C20H31N3O3/c1-15(2)16-6-4-7-17(12-16)21-19(24)13-23-10-5-8-18(9-11-23)22(3)14-20(25)26/h4,6-7,12,15,18H,5,8-11,13-14H2,1-3H3,(H,21,24)(H,25,26). The highest BCUT2D eigenvalue weighted by molar-refractivity contribution is 5.92. The highest BCUT2D eigenvalue weighted by atomic mass is 16.4. The van der Waals surface area contributed by atoms with Crippen LogP contribution in [0.5, 0.6) is 0 Å². The molecular formula is C20H31N3O3. The predicted molar refractivity (Wildman–Crippen MR) is 104 cm³/mol. The molecule has 0 aromatic heterocycles. The number of likely N-dealkylation sites (N-methyl/N-ethyl adjacent to an activating group) is 1. The Kier molecular flexibility index (Phi) is 7.60. The largest absolute Gasteiger partial charge is 0.480 e. The first-order valence-corrected chi connectivity index (χ1v) is 9.39. The van der Waals surface area contributed by atoms with E-state index in [2.05, 4.69) is 30.1 Å². The van der Waals surface area contributed by atoms with Gasteiger partial charge < -0.3 is 10.4 Å². The minimum atomic E-state index is -0.795. The second-order valence-corrected chi connectivity index (χ2v) is 7.50. The number of aliphatic carboxylic acids is 1. The molecule has 1 aliphatic heterocycles. The number of nitrogens with one attached hydrogen (secondary N) is 1. The van der Waals surface area contributed by atoms with Crippen LogP contribution in [0.4, 0.5) is 5.69 Å². The number of carbonyl (C=O) groups is 2. The summed E-state index contributed by atoms with van der Waals surface area (Å²) >= 11 is 0. The first-order valence-electron chi connectivity index (χ1n) is 9.39. The molecule has 0 radical (unpaired) electrons. The fourth-order valence-electron chi connectivity index (χ4n) is 3.46. The van der Waals surface area contributed by atoms with Gasteiger partial charge >= 0.3 is 5.97 Å². The predicted octanol–water partition coefficient (Wildman–Crippen LogP) is 2.62. The number of anilines is 1. The summed E-state index contributed by atoms with van der Waals surface area (Å²) < 4.78 is 0. The smallest absolute Gasteiger partial charge is 0.317 e. The Bertz CT molecular complexity index is 618. The lowest BCUT2D eigenvalue weighted by Crippen LogP contribution is -2.37. The van der Waals surface area contributed by atoms with Crippen molar-refractivity contribution < 1.29 is 14.7 Å². The number of amides is 1. The van der Waals surface area contributed by atoms with Crippen LogP contribution in [0, 0.1) is 0 Å². The molecule has 2 N–H and O–H groups in total. The van der Waals surface area contributed by atoms with Crippen LogP contribution >= 0.6 is 0 Å². The number of hydrogen-bond donors (Lipinski definition) is 2. The van der Waals surface area contributed by atoms with Gasteiger partial charge in [0.05, 0.1) is 13.1 Å². The second-order valence-electron chi connectivity index (χ2n) is 7.50. The quantitative estimate of drug-likeness (QED) is 0.781. The zero-order chi connectivity index (χ0) is 19.1. The number of likely N-dealkylation sites (tertiary alicyclic amines) is 1. The van der Waals surface area contributed by atoms with Crippen molar-refractivity contribution in [3.63, 3.8) is 0 Å². The van der Waals surface area contributed by atoms with Gasteiger partial charge in [-0.05, 0) is 56.5 Å². The first kappa shape index (κ1) is 20.4. The molecule has 1 aromatic carbocycles. The van der Waals surface area contributed by atoms with Crippen molar-refractivity contribution >= 4 is 17.6 Å². The van der Waals surface area contributed by atoms with E-state index in [4.69, 9.17) is 5.11 Å². The molecule has 0 saturated carbocycles. The van der Waals surface area contributed by atoms with Gasteiger partial charge in [-0.15, -0.1) is 0 Å². The van der Waals surface area contributed by atoms with E-state index in [0.29, 0.717) is 12.5 Å². The van der Waals surface area contributed by atoms with Gasteiger partial charge in [0.25, 0.3) is 0 Å². The van der Waals surface area contributed by atoms with Crippen LogP contribution in [0.3, 0.4) is 0 Å². The first-order chi connectivity index (χ1) is 12.3. The fourth-order valence-corrected chi connectivity index (χ4v) is 3.46. The van der Waals surface area contributed by atoms with Crippen molar-refractivity contribution in [1.29, 1.82) is 0 Å². The summed E-state index contributed by atoms with van der Waals surface area (Å²) in [5.74, 6) is -0.364. The maximum atomic E-state index is 12.4. The molecule has 2 rings (SSSR count). The zero-order valence-electron chi connectivity index (χ0n) is 16.1. The molecule has 6 heteroatoms. The Labute approximate surface area is 156 Å². The summed E-state index contributed by atoms with van der Waals surface area (Å²) in [4.78, 5) is 27.3. The topological polar surface area (TPSA) is 72.9 Å². The average molecular weight is 361 g/mol. The van der Waals surface area contributed by atoms with E-state index < -0.39 is 5.97 Å². The number of carboxylic acid groups (broad SMARTS) is 1. The number of benzene rings is 1. The molecule has 1 saturated heterocycles. The van der Waals surface area contributed by atoms with E-state index >= 15 is 0 Å². The van der Waals surface area contributed by atoms with Gasteiger partial charge in [-0.3, -0.25) is 19.4 Å². The maximum Gasteiger partial charge on any atom is 0.317 e. The minimum Gasteiger partial charge on any atom is -0.480 e. The third-order valence-corrected chi connectivity index (χ3v) is 5.00. The van der Waals surface area contributed by atoms with Crippen LogP contribution < -0.4 is 5.32 Å². The summed E-state index contributed by atoms with van der Waals surface area (Å²) in [7, 11) is 1.86.